The van der Waals surface area contributed by atoms with Gasteiger partial charge >= 0.3 is 0 Å². The molecule has 0 fully saturated rings. The summed E-state index contributed by atoms with van der Waals surface area (Å²) in [5, 5.41) is 0. The van der Waals surface area contributed by atoms with Gasteiger partial charge in [-0.1, -0.05) is 19.1 Å². The third-order valence-electron chi connectivity index (χ3n) is 2.91. The van der Waals surface area contributed by atoms with Crippen molar-refractivity contribution < 1.29 is 8.81 Å². The van der Waals surface area contributed by atoms with Gasteiger partial charge in [-0.2, -0.15) is 0 Å². The molecule has 2 N–H and O–H groups in total. The lowest BCUT2D eigenvalue weighted by atomic mass is 10.1. The van der Waals surface area contributed by atoms with Crippen LogP contribution in [0.15, 0.2) is 41.0 Å². The molecular weight excluding hydrogens is 231 g/mol. The van der Waals surface area contributed by atoms with Crippen LogP contribution < -0.4 is 5.73 Å². The Morgan fingerprint density at radius 2 is 2.06 bits per heavy atom. The van der Waals surface area contributed by atoms with Gasteiger partial charge in [-0.3, -0.25) is 4.90 Å². The summed E-state index contributed by atoms with van der Waals surface area (Å²) < 4.78 is 19.1. The molecule has 1 heterocycles. The molecule has 0 atom stereocenters. The molecule has 2 rings (SSSR count). The van der Waals surface area contributed by atoms with Crippen LogP contribution in [0.2, 0.25) is 0 Å². The number of benzene rings is 1. The van der Waals surface area contributed by atoms with Crippen LogP contribution in [0.3, 0.4) is 0 Å². The van der Waals surface area contributed by atoms with Crippen molar-refractivity contribution in [2.24, 2.45) is 0 Å². The number of furan rings is 1. The first kappa shape index (κ1) is 12.6. The van der Waals surface area contributed by atoms with Gasteiger partial charge in [0.25, 0.3) is 0 Å². The lowest BCUT2D eigenvalue weighted by Crippen LogP contribution is -2.22. The summed E-state index contributed by atoms with van der Waals surface area (Å²) in [6.07, 6.45) is 1.64. The van der Waals surface area contributed by atoms with Crippen LogP contribution in [-0.2, 0) is 13.1 Å². The van der Waals surface area contributed by atoms with E-state index in [-0.39, 0.29) is 11.5 Å². The van der Waals surface area contributed by atoms with E-state index >= 15 is 0 Å². The molecule has 0 aliphatic heterocycles. The van der Waals surface area contributed by atoms with E-state index in [9.17, 15) is 4.39 Å². The summed E-state index contributed by atoms with van der Waals surface area (Å²) >= 11 is 0. The van der Waals surface area contributed by atoms with Crippen molar-refractivity contribution in [3.05, 3.63) is 53.7 Å². The summed E-state index contributed by atoms with van der Waals surface area (Å²) in [5.74, 6) is 0.552. The molecule has 0 saturated heterocycles. The number of nitrogens with two attached hydrogens (primary N) is 1. The zero-order chi connectivity index (χ0) is 13.0. The zero-order valence-electron chi connectivity index (χ0n) is 10.4. The number of hydrogen-bond acceptors (Lipinski definition) is 3. The summed E-state index contributed by atoms with van der Waals surface area (Å²) in [6.45, 7) is 4.04. The summed E-state index contributed by atoms with van der Waals surface area (Å²) in [5.41, 5.74) is 6.37. The highest BCUT2D eigenvalue weighted by molar-refractivity contribution is 5.42. The molecule has 0 amide bonds. The second kappa shape index (κ2) is 5.69. The fourth-order valence-electron chi connectivity index (χ4n) is 1.87. The van der Waals surface area contributed by atoms with E-state index in [1.165, 1.54) is 0 Å². The number of hydrogen-bond donors (Lipinski definition) is 1. The Kier molecular flexibility index (Phi) is 3.99. The van der Waals surface area contributed by atoms with Crippen molar-refractivity contribution in [2.75, 3.05) is 12.3 Å². The number of nitrogen functional groups attached to an aromatic ring is 1. The maximum Gasteiger partial charge on any atom is 0.150 e. The average Bonchev–Trinajstić information content (AvgIpc) is 2.86. The first-order valence-corrected chi connectivity index (χ1v) is 5.98. The number of rotatable bonds is 5. The molecule has 0 bridgehead atoms. The van der Waals surface area contributed by atoms with Crippen LogP contribution in [0.1, 0.15) is 18.2 Å². The van der Waals surface area contributed by atoms with Gasteiger partial charge in [0.1, 0.15) is 5.76 Å². The highest BCUT2D eigenvalue weighted by atomic mass is 19.1. The highest BCUT2D eigenvalue weighted by Crippen LogP contribution is 2.17. The van der Waals surface area contributed by atoms with E-state index in [1.807, 2.05) is 19.1 Å². The normalized spacial score (nSPS) is 11.1. The lowest BCUT2D eigenvalue weighted by molar-refractivity contribution is 0.244. The molecule has 0 spiro atoms. The molecule has 0 aliphatic carbocycles. The topological polar surface area (TPSA) is 42.4 Å². The quantitative estimate of drug-likeness (QED) is 0.827. The van der Waals surface area contributed by atoms with Gasteiger partial charge in [-0.05, 0) is 24.7 Å². The summed E-state index contributed by atoms with van der Waals surface area (Å²) in [4.78, 5) is 2.09. The third kappa shape index (κ3) is 2.90. The first-order valence-electron chi connectivity index (χ1n) is 5.98. The molecule has 0 aliphatic rings. The van der Waals surface area contributed by atoms with E-state index < -0.39 is 0 Å². The van der Waals surface area contributed by atoms with Crippen molar-refractivity contribution in [3.8, 4) is 0 Å². The van der Waals surface area contributed by atoms with E-state index in [2.05, 4.69) is 4.90 Å². The minimum Gasteiger partial charge on any atom is -0.468 e. The van der Waals surface area contributed by atoms with Crippen molar-refractivity contribution in [1.29, 1.82) is 0 Å². The largest absolute Gasteiger partial charge is 0.468 e. The summed E-state index contributed by atoms with van der Waals surface area (Å²) in [6, 6.07) is 8.87. The molecule has 2 aromatic rings. The van der Waals surface area contributed by atoms with Crippen LogP contribution in [0.5, 0.6) is 0 Å². The van der Waals surface area contributed by atoms with Gasteiger partial charge in [0.15, 0.2) is 5.82 Å². The van der Waals surface area contributed by atoms with Crippen LogP contribution in [0, 0.1) is 5.82 Å². The fraction of sp³-hybridized carbons (Fsp3) is 0.286. The Labute approximate surface area is 106 Å². The van der Waals surface area contributed by atoms with Crippen molar-refractivity contribution >= 4 is 5.69 Å². The lowest BCUT2D eigenvalue weighted by Gasteiger charge is -2.19. The average molecular weight is 248 g/mol. The molecule has 0 unspecified atom stereocenters. The molecule has 1 aromatic carbocycles. The van der Waals surface area contributed by atoms with Crippen LogP contribution in [0.4, 0.5) is 10.1 Å². The van der Waals surface area contributed by atoms with Gasteiger partial charge in [-0.15, -0.1) is 0 Å². The van der Waals surface area contributed by atoms with Crippen molar-refractivity contribution in [2.45, 2.75) is 20.0 Å². The Morgan fingerprint density at radius 1 is 1.22 bits per heavy atom. The van der Waals surface area contributed by atoms with Gasteiger partial charge in [0.05, 0.1) is 18.5 Å². The van der Waals surface area contributed by atoms with Crippen molar-refractivity contribution in [3.63, 3.8) is 0 Å². The Hall–Kier alpha value is -1.81. The molecule has 4 heteroatoms. The third-order valence-corrected chi connectivity index (χ3v) is 2.91. The zero-order valence-corrected chi connectivity index (χ0v) is 10.4. The van der Waals surface area contributed by atoms with Gasteiger partial charge in [-0.25, -0.2) is 4.39 Å². The fourth-order valence-corrected chi connectivity index (χ4v) is 1.87. The van der Waals surface area contributed by atoms with E-state index in [0.717, 1.165) is 12.3 Å². The first-order chi connectivity index (χ1) is 8.70. The molecule has 0 saturated carbocycles. The van der Waals surface area contributed by atoms with Crippen LogP contribution >= 0.6 is 0 Å². The number of nitrogens with zero attached hydrogens (tertiary/aromatic N) is 1. The van der Waals surface area contributed by atoms with Gasteiger partial charge in [0.2, 0.25) is 0 Å². The number of anilines is 1. The monoisotopic (exact) mass is 248 g/mol. The minimum atomic E-state index is -0.324. The minimum absolute atomic E-state index is 0.196. The van der Waals surface area contributed by atoms with E-state index in [1.54, 1.807) is 24.5 Å². The summed E-state index contributed by atoms with van der Waals surface area (Å²) in [7, 11) is 0. The molecule has 18 heavy (non-hydrogen) atoms. The Morgan fingerprint density at radius 3 is 2.72 bits per heavy atom. The van der Waals surface area contributed by atoms with Crippen molar-refractivity contribution in [1.82, 2.24) is 4.90 Å². The van der Waals surface area contributed by atoms with Gasteiger partial charge in [0, 0.05) is 12.1 Å². The maximum absolute atomic E-state index is 13.8. The van der Waals surface area contributed by atoms with E-state index in [0.29, 0.717) is 18.7 Å². The predicted molar refractivity (Wildman–Crippen MR) is 69.3 cm³/mol. The molecular formula is C14H17FN2O. The SMILES string of the molecule is CCN(Cc1ccco1)Cc1cccc(N)c1F. The molecule has 1 aromatic heterocycles. The smallest absolute Gasteiger partial charge is 0.150 e. The molecule has 3 nitrogen and oxygen atoms in total. The Bertz CT molecular complexity index is 497. The highest BCUT2D eigenvalue weighted by Gasteiger charge is 2.11. The maximum atomic E-state index is 13.8. The van der Waals surface area contributed by atoms with Crippen LogP contribution in [-0.4, -0.2) is 11.4 Å². The molecule has 96 valence electrons. The standard InChI is InChI=1S/C14H17FN2O/c1-2-17(10-12-6-4-8-18-12)9-11-5-3-7-13(16)14(11)15/h3-8H,2,9-10,16H2,1H3. The van der Waals surface area contributed by atoms with Crippen LogP contribution in [0.25, 0.3) is 0 Å². The molecule has 0 radical (unpaired) electrons. The number of halogens is 1. The Balaban J connectivity index is 2.08. The second-order valence-electron chi connectivity index (χ2n) is 4.20. The van der Waals surface area contributed by atoms with Gasteiger partial charge < -0.3 is 10.2 Å². The predicted octanol–water partition coefficient (Wildman–Crippen LogP) is 3.02. The second-order valence-corrected chi connectivity index (χ2v) is 4.20. The van der Waals surface area contributed by atoms with E-state index in [4.69, 9.17) is 10.2 Å².